The van der Waals surface area contributed by atoms with Gasteiger partial charge in [-0.25, -0.2) is 0 Å². The van der Waals surface area contributed by atoms with E-state index in [-0.39, 0.29) is 0 Å². The summed E-state index contributed by atoms with van der Waals surface area (Å²) in [5.74, 6) is 0. The minimum absolute atomic E-state index is 0.751. The van der Waals surface area contributed by atoms with Crippen LogP contribution in [0.1, 0.15) is 12.5 Å². The van der Waals surface area contributed by atoms with Gasteiger partial charge < -0.3 is 0 Å². The maximum absolute atomic E-state index is 4.43. The molecule has 1 aromatic heterocycles. The Labute approximate surface area is 137 Å². The third kappa shape index (κ3) is 5.67. The highest BCUT2D eigenvalue weighted by Gasteiger charge is 1.94. The highest BCUT2D eigenvalue weighted by atomic mass is 14.8. The molecule has 1 aromatic carbocycles. The van der Waals surface area contributed by atoms with Crippen molar-refractivity contribution in [2.24, 2.45) is 9.98 Å². The molecule has 0 fully saturated rings. The fourth-order valence-electron chi connectivity index (χ4n) is 1.77. The van der Waals surface area contributed by atoms with E-state index in [0.717, 1.165) is 22.5 Å². The molecule has 0 saturated heterocycles. The van der Waals surface area contributed by atoms with Gasteiger partial charge in [0.25, 0.3) is 0 Å². The van der Waals surface area contributed by atoms with Gasteiger partial charge in [-0.3, -0.25) is 15.0 Å². The van der Waals surface area contributed by atoms with Crippen LogP contribution in [0.3, 0.4) is 0 Å². The van der Waals surface area contributed by atoms with E-state index in [0.29, 0.717) is 0 Å². The molecule has 0 aliphatic rings. The molecule has 2 rings (SSSR count). The number of aromatic nitrogens is 1. The molecule has 0 amide bonds. The molecular weight excluding hydrogens is 282 g/mol. The van der Waals surface area contributed by atoms with E-state index in [9.17, 15) is 0 Å². The lowest BCUT2D eigenvalue weighted by atomic mass is 10.2. The van der Waals surface area contributed by atoms with Gasteiger partial charge in [0.05, 0.1) is 23.8 Å². The van der Waals surface area contributed by atoms with Crippen LogP contribution in [0.4, 0.5) is 11.4 Å². The number of pyridine rings is 1. The Morgan fingerprint density at radius 2 is 1.83 bits per heavy atom. The quantitative estimate of drug-likeness (QED) is 0.532. The van der Waals surface area contributed by atoms with Gasteiger partial charge in [-0.2, -0.15) is 0 Å². The first kappa shape index (κ1) is 16.3. The summed E-state index contributed by atoms with van der Waals surface area (Å²) in [6.07, 6.45) is 14.6. The number of aliphatic imine (C=N–C) groups is 2. The molecule has 0 N–H and O–H groups in total. The van der Waals surface area contributed by atoms with Crippen LogP contribution >= 0.6 is 0 Å². The van der Waals surface area contributed by atoms with Crippen LogP contribution in [0.15, 0.2) is 95.2 Å². The first-order chi connectivity index (χ1) is 11.3. The van der Waals surface area contributed by atoms with Crippen molar-refractivity contribution < 1.29 is 0 Å². The fraction of sp³-hybridized carbons (Fsp3) is 0.0500. The van der Waals surface area contributed by atoms with Crippen molar-refractivity contribution in [1.29, 1.82) is 0 Å². The Bertz CT molecular complexity index is 753. The number of allylic oxidation sites excluding steroid dienone is 5. The van der Waals surface area contributed by atoms with Crippen LogP contribution in [0.25, 0.3) is 0 Å². The molecule has 2 aromatic rings. The number of hydrogen-bond acceptors (Lipinski definition) is 3. The van der Waals surface area contributed by atoms with Crippen LogP contribution < -0.4 is 0 Å². The van der Waals surface area contributed by atoms with Gasteiger partial charge in [0.15, 0.2) is 0 Å². The Hall–Kier alpha value is -3.07. The first-order valence-electron chi connectivity index (χ1n) is 7.35. The van der Waals surface area contributed by atoms with E-state index >= 15 is 0 Å². The van der Waals surface area contributed by atoms with Crippen molar-refractivity contribution in [2.45, 2.75) is 6.92 Å². The van der Waals surface area contributed by atoms with Gasteiger partial charge in [-0.15, -0.1) is 0 Å². The topological polar surface area (TPSA) is 37.6 Å². The summed E-state index contributed by atoms with van der Waals surface area (Å²) in [4.78, 5) is 13.0. The van der Waals surface area contributed by atoms with E-state index in [1.54, 1.807) is 24.7 Å². The van der Waals surface area contributed by atoms with E-state index in [1.165, 1.54) is 0 Å². The lowest BCUT2D eigenvalue weighted by molar-refractivity contribution is 1.29. The summed E-state index contributed by atoms with van der Waals surface area (Å²) in [5, 5.41) is 0. The van der Waals surface area contributed by atoms with Gasteiger partial charge in [0.1, 0.15) is 0 Å². The second-order valence-corrected chi connectivity index (χ2v) is 4.72. The van der Waals surface area contributed by atoms with Crippen LogP contribution in [0.2, 0.25) is 0 Å². The normalized spacial score (nSPS) is 12.5. The smallest absolute Gasteiger partial charge is 0.0834 e. The van der Waals surface area contributed by atoms with Gasteiger partial charge in [-0.05, 0) is 24.1 Å². The Kier molecular flexibility index (Phi) is 6.42. The van der Waals surface area contributed by atoms with Gasteiger partial charge >= 0.3 is 0 Å². The first-order valence-corrected chi connectivity index (χ1v) is 7.35. The van der Waals surface area contributed by atoms with Crippen molar-refractivity contribution in [3.63, 3.8) is 0 Å². The van der Waals surface area contributed by atoms with E-state index in [1.807, 2.05) is 67.8 Å². The van der Waals surface area contributed by atoms with Crippen LogP contribution in [-0.2, 0) is 0 Å². The largest absolute Gasteiger partial charge is 0.260 e. The van der Waals surface area contributed by atoms with Gasteiger partial charge in [0.2, 0.25) is 0 Å². The predicted octanol–water partition coefficient (Wildman–Crippen LogP) is 5.22. The highest BCUT2D eigenvalue weighted by molar-refractivity contribution is 5.85. The average Bonchev–Trinajstić information content (AvgIpc) is 2.61. The molecule has 1 heterocycles. The molecule has 0 spiro atoms. The zero-order chi connectivity index (χ0) is 16.3. The number of benzene rings is 1. The highest BCUT2D eigenvalue weighted by Crippen LogP contribution is 2.18. The van der Waals surface area contributed by atoms with Gasteiger partial charge in [-0.1, -0.05) is 61.2 Å². The lowest BCUT2D eigenvalue weighted by Crippen LogP contribution is -1.80. The Morgan fingerprint density at radius 1 is 1.09 bits per heavy atom. The molecule has 0 aliphatic carbocycles. The predicted molar refractivity (Wildman–Crippen MR) is 99.2 cm³/mol. The molecule has 0 saturated carbocycles. The minimum Gasteiger partial charge on any atom is -0.260 e. The summed E-state index contributed by atoms with van der Waals surface area (Å²) in [6, 6.07) is 11.8. The van der Waals surface area contributed by atoms with Crippen LogP contribution in [0, 0.1) is 0 Å². The second kappa shape index (κ2) is 9.05. The van der Waals surface area contributed by atoms with E-state index in [2.05, 4.69) is 21.5 Å². The molecular formula is C20H19N3. The summed E-state index contributed by atoms with van der Waals surface area (Å²) in [5.41, 5.74) is 3.49. The maximum Gasteiger partial charge on any atom is 0.0834 e. The zero-order valence-electron chi connectivity index (χ0n) is 13.1. The molecule has 0 aliphatic heterocycles. The van der Waals surface area contributed by atoms with E-state index in [4.69, 9.17) is 0 Å². The van der Waals surface area contributed by atoms with Crippen molar-refractivity contribution in [2.75, 3.05) is 0 Å². The third-order valence-electron chi connectivity index (χ3n) is 2.95. The SMILES string of the molecule is C=C/C(C=Nc1cncc(N=Cc2ccccc2)c1)=C\C=C/C. The van der Waals surface area contributed by atoms with Crippen molar-refractivity contribution in [3.8, 4) is 0 Å². The molecule has 114 valence electrons. The summed E-state index contributed by atoms with van der Waals surface area (Å²) < 4.78 is 0. The van der Waals surface area contributed by atoms with Crippen molar-refractivity contribution >= 4 is 23.8 Å². The monoisotopic (exact) mass is 301 g/mol. The maximum atomic E-state index is 4.43. The zero-order valence-corrected chi connectivity index (χ0v) is 13.1. The Morgan fingerprint density at radius 3 is 2.52 bits per heavy atom. The molecule has 0 atom stereocenters. The fourth-order valence-corrected chi connectivity index (χ4v) is 1.77. The van der Waals surface area contributed by atoms with E-state index < -0.39 is 0 Å². The van der Waals surface area contributed by atoms with Crippen molar-refractivity contribution in [1.82, 2.24) is 4.98 Å². The summed E-state index contributed by atoms with van der Waals surface area (Å²) >= 11 is 0. The molecule has 0 unspecified atom stereocenters. The number of nitrogens with zero attached hydrogens (tertiary/aromatic N) is 3. The third-order valence-corrected chi connectivity index (χ3v) is 2.95. The number of rotatable bonds is 6. The molecule has 0 radical (unpaired) electrons. The second-order valence-electron chi connectivity index (χ2n) is 4.72. The molecule has 0 bridgehead atoms. The van der Waals surface area contributed by atoms with Gasteiger partial charge in [0, 0.05) is 12.4 Å². The van der Waals surface area contributed by atoms with Crippen LogP contribution in [-0.4, -0.2) is 17.4 Å². The summed E-state index contributed by atoms with van der Waals surface area (Å²) in [6.45, 7) is 5.74. The lowest BCUT2D eigenvalue weighted by Gasteiger charge is -1.97. The van der Waals surface area contributed by atoms with Crippen molar-refractivity contribution in [3.05, 3.63) is 90.8 Å². The molecule has 3 heteroatoms. The molecule has 3 nitrogen and oxygen atoms in total. The standard InChI is InChI=1S/C20H19N3/c1-3-5-9-17(4-2)13-22-19-12-20(16-21-15-19)23-14-18-10-7-6-8-11-18/h3-16H,2H2,1H3/b5-3-,17-9+,22-13?,23-14?. The minimum atomic E-state index is 0.751. The Balaban J connectivity index is 2.13. The molecule has 23 heavy (non-hydrogen) atoms. The summed E-state index contributed by atoms with van der Waals surface area (Å²) in [7, 11) is 0. The number of hydrogen-bond donors (Lipinski definition) is 0. The van der Waals surface area contributed by atoms with Crippen LogP contribution in [0.5, 0.6) is 0 Å². The average molecular weight is 301 g/mol.